The third-order valence-electron chi connectivity index (χ3n) is 4.40. The first-order valence-corrected chi connectivity index (χ1v) is 9.73. The molecule has 0 spiro atoms. The molecule has 0 heterocycles. The molecule has 0 radical (unpaired) electrons. The van der Waals surface area contributed by atoms with Crippen LogP contribution in [0.5, 0.6) is 11.5 Å². The molecule has 2 rings (SSSR count). The van der Waals surface area contributed by atoms with Crippen LogP contribution in [-0.2, 0) is 4.79 Å². The van der Waals surface area contributed by atoms with Crippen LogP contribution in [0, 0.1) is 6.92 Å². The molecule has 0 saturated heterocycles. The van der Waals surface area contributed by atoms with Gasteiger partial charge in [0.15, 0.2) is 17.3 Å². The van der Waals surface area contributed by atoms with E-state index in [0.717, 1.165) is 11.1 Å². The third-order valence-corrected chi connectivity index (χ3v) is 4.40. The topological polar surface area (TPSA) is 64.6 Å². The van der Waals surface area contributed by atoms with Gasteiger partial charge < -0.3 is 14.8 Å². The van der Waals surface area contributed by atoms with Crippen molar-refractivity contribution in [2.24, 2.45) is 0 Å². The number of hydrogen-bond donors (Lipinski definition) is 1. The molecule has 1 N–H and O–H groups in total. The van der Waals surface area contributed by atoms with E-state index in [-0.39, 0.29) is 30.6 Å². The van der Waals surface area contributed by atoms with E-state index in [4.69, 9.17) is 9.47 Å². The van der Waals surface area contributed by atoms with Gasteiger partial charge in [-0.15, -0.1) is 0 Å². The highest BCUT2D eigenvalue weighted by atomic mass is 16.5. The highest BCUT2D eigenvalue weighted by molar-refractivity contribution is 5.98. The number of rotatable bonds is 10. The van der Waals surface area contributed by atoms with Gasteiger partial charge >= 0.3 is 0 Å². The number of amides is 1. The molecule has 0 aliphatic heterocycles. The van der Waals surface area contributed by atoms with Gasteiger partial charge in [0.25, 0.3) is 0 Å². The molecule has 1 unspecified atom stereocenters. The van der Waals surface area contributed by atoms with Crippen molar-refractivity contribution >= 4 is 11.7 Å². The normalized spacial score (nSPS) is 11.6. The molecule has 0 fully saturated rings. The van der Waals surface area contributed by atoms with Crippen LogP contribution in [0.25, 0.3) is 0 Å². The molecule has 28 heavy (non-hydrogen) atoms. The Bertz CT molecular complexity index is 799. The quantitative estimate of drug-likeness (QED) is 0.608. The SMILES string of the molecule is CCOc1ccc(C(C)NC(=O)CCC(=O)c2ccc(C)cc2)cc1OCC. The molecule has 0 saturated carbocycles. The van der Waals surface area contributed by atoms with Crippen LogP contribution in [0.1, 0.15) is 61.1 Å². The largest absolute Gasteiger partial charge is 0.490 e. The number of benzene rings is 2. The second-order valence-corrected chi connectivity index (χ2v) is 6.65. The average molecular weight is 383 g/mol. The van der Waals surface area contributed by atoms with Gasteiger partial charge in [0.05, 0.1) is 19.3 Å². The number of ether oxygens (including phenoxy) is 2. The average Bonchev–Trinajstić information content (AvgIpc) is 2.68. The van der Waals surface area contributed by atoms with E-state index >= 15 is 0 Å². The Morgan fingerprint density at radius 1 is 0.929 bits per heavy atom. The van der Waals surface area contributed by atoms with Crippen LogP contribution in [0.15, 0.2) is 42.5 Å². The Morgan fingerprint density at radius 2 is 1.57 bits per heavy atom. The van der Waals surface area contributed by atoms with Crippen LogP contribution in [0.4, 0.5) is 0 Å². The zero-order chi connectivity index (χ0) is 20.5. The fourth-order valence-electron chi connectivity index (χ4n) is 2.84. The molecule has 0 bridgehead atoms. The number of aryl methyl sites for hydroxylation is 1. The zero-order valence-corrected chi connectivity index (χ0v) is 17.1. The molecule has 0 aliphatic carbocycles. The van der Waals surface area contributed by atoms with Crippen molar-refractivity contribution in [3.8, 4) is 11.5 Å². The monoisotopic (exact) mass is 383 g/mol. The second kappa shape index (κ2) is 10.5. The van der Waals surface area contributed by atoms with Crippen molar-refractivity contribution in [2.45, 2.75) is 46.6 Å². The lowest BCUT2D eigenvalue weighted by molar-refractivity contribution is -0.121. The molecular weight excluding hydrogens is 354 g/mol. The van der Waals surface area contributed by atoms with Crippen LogP contribution in [0.2, 0.25) is 0 Å². The van der Waals surface area contributed by atoms with Gasteiger partial charge in [-0.3, -0.25) is 9.59 Å². The smallest absolute Gasteiger partial charge is 0.220 e. The first kappa shape index (κ1) is 21.5. The summed E-state index contributed by atoms with van der Waals surface area (Å²) < 4.78 is 11.2. The van der Waals surface area contributed by atoms with Gasteiger partial charge in [0.2, 0.25) is 5.91 Å². The summed E-state index contributed by atoms with van der Waals surface area (Å²) >= 11 is 0. The van der Waals surface area contributed by atoms with E-state index < -0.39 is 0 Å². The number of carbonyl (C=O) groups is 2. The van der Waals surface area contributed by atoms with E-state index in [1.165, 1.54) is 0 Å². The summed E-state index contributed by atoms with van der Waals surface area (Å²) in [4.78, 5) is 24.5. The number of ketones is 1. The minimum absolute atomic E-state index is 0.0255. The first-order valence-electron chi connectivity index (χ1n) is 9.73. The molecular formula is C23H29NO4. The molecule has 1 amide bonds. The second-order valence-electron chi connectivity index (χ2n) is 6.65. The van der Waals surface area contributed by atoms with Crippen molar-refractivity contribution in [1.82, 2.24) is 5.32 Å². The lowest BCUT2D eigenvalue weighted by atomic mass is 10.0. The maximum atomic E-state index is 12.3. The zero-order valence-electron chi connectivity index (χ0n) is 17.1. The minimum Gasteiger partial charge on any atom is -0.490 e. The van der Waals surface area contributed by atoms with Crippen molar-refractivity contribution in [2.75, 3.05) is 13.2 Å². The predicted molar refractivity (Wildman–Crippen MR) is 110 cm³/mol. The summed E-state index contributed by atoms with van der Waals surface area (Å²) in [6, 6.07) is 12.9. The molecule has 5 heteroatoms. The van der Waals surface area contributed by atoms with E-state index in [0.29, 0.717) is 30.3 Å². The van der Waals surface area contributed by atoms with Crippen molar-refractivity contribution in [3.05, 3.63) is 59.2 Å². The summed E-state index contributed by atoms with van der Waals surface area (Å²) in [5.74, 6) is 1.18. The Balaban J connectivity index is 1.93. The van der Waals surface area contributed by atoms with Gasteiger partial charge in [0, 0.05) is 18.4 Å². The molecule has 5 nitrogen and oxygen atoms in total. The summed E-state index contributed by atoms with van der Waals surface area (Å²) in [6.07, 6.45) is 0.349. The molecule has 0 aromatic heterocycles. The van der Waals surface area contributed by atoms with Crippen LogP contribution in [0.3, 0.4) is 0 Å². The van der Waals surface area contributed by atoms with Crippen LogP contribution in [-0.4, -0.2) is 24.9 Å². The van der Waals surface area contributed by atoms with Gasteiger partial charge in [-0.25, -0.2) is 0 Å². The maximum absolute atomic E-state index is 12.3. The van der Waals surface area contributed by atoms with Crippen LogP contribution >= 0.6 is 0 Å². The van der Waals surface area contributed by atoms with E-state index in [2.05, 4.69) is 5.32 Å². The standard InChI is InChI=1S/C23H29NO4/c1-5-27-21-13-11-19(15-22(21)28-6-2)17(4)24-23(26)14-12-20(25)18-9-7-16(3)8-10-18/h7-11,13,15,17H,5-6,12,14H2,1-4H3,(H,24,26). The molecule has 0 aliphatic rings. The Kier molecular flexibility index (Phi) is 8.05. The summed E-state index contributed by atoms with van der Waals surface area (Å²) in [7, 11) is 0. The minimum atomic E-state index is -0.197. The number of Topliss-reactive ketones (excluding diaryl/α,β-unsaturated/α-hetero) is 1. The summed E-state index contributed by atoms with van der Waals surface area (Å²) in [6.45, 7) is 8.81. The van der Waals surface area contributed by atoms with Gasteiger partial charge in [-0.2, -0.15) is 0 Å². The summed E-state index contributed by atoms with van der Waals surface area (Å²) in [5.41, 5.74) is 2.66. The van der Waals surface area contributed by atoms with Gasteiger partial charge in [0.1, 0.15) is 0 Å². The lowest BCUT2D eigenvalue weighted by Crippen LogP contribution is -2.27. The summed E-state index contributed by atoms with van der Waals surface area (Å²) in [5, 5.41) is 2.95. The van der Waals surface area contributed by atoms with Crippen molar-refractivity contribution < 1.29 is 19.1 Å². The van der Waals surface area contributed by atoms with Crippen molar-refractivity contribution in [1.29, 1.82) is 0 Å². The Morgan fingerprint density at radius 3 is 2.21 bits per heavy atom. The molecule has 2 aromatic rings. The van der Waals surface area contributed by atoms with E-state index in [1.807, 2.05) is 58.0 Å². The Hall–Kier alpha value is -2.82. The molecule has 2 aromatic carbocycles. The highest BCUT2D eigenvalue weighted by Crippen LogP contribution is 2.30. The molecule has 1 atom stereocenters. The van der Waals surface area contributed by atoms with Gasteiger partial charge in [-0.1, -0.05) is 35.9 Å². The fraction of sp³-hybridized carbons (Fsp3) is 0.391. The maximum Gasteiger partial charge on any atom is 0.220 e. The third kappa shape index (κ3) is 6.12. The van der Waals surface area contributed by atoms with Gasteiger partial charge in [-0.05, 0) is 45.4 Å². The van der Waals surface area contributed by atoms with Crippen molar-refractivity contribution in [3.63, 3.8) is 0 Å². The predicted octanol–water partition coefficient (Wildman–Crippen LogP) is 4.63. The van der Waals surface area contributed by atoms with E-state index in [9.17, 15) is 9.59 Å². The lowest BCUT2D eigenvalue weighted by Gasteiger charge is -2.17. The number of hydrogen-bond acceptors (Lipinski definition) is 4. The fourth-order valence-corrected chi connectivity index (χ4v) is 2.84. The van der Waals surface area contributed by atoms with E-state index in [1.54, 1.807) is 12.1 Å². The highest BCUT2D eigenvalue weighted by Gasteiger charge is 2.15. The Labute approximate surface area is 167 Å². The van der Waals surface area contributed by atoms with Crippen LogP contribution < -0.4 is 14.8 Å². The molecule has 150 valence electrons. The number of carbonyl (C=O) groups excluding carboxylic acids is 2. The first-order chi connectivity index (χ1) is 13.4. The number of nitrogens with one attached hydrogen (secondary N) is 1.